The van der Waals surface area contributed by atoms with Gasteiger partial charge in [0.05, 0.1) is 4.91 Å². The first-order chi connectivity index (χ1) is 10.1. The molecule has 0 atom stereocenters. The number of aromatic nitrogens is 1. The molecule has 0 spiro atoms. The lowest BCUT2D eigenvalue weighted by Crippen LogP contribution is -2.17. The highest BCUT2D eigenvalue weighted by Crippen LogP contribution is 2.32. The molecule has 1 aromatic heterocycles. The molecule has 1 amide bonds. The fraction of sp³-hybridized carbons (Fsp3) is 0.125. The zero-order chi connectivity index (χ0) is 15.0. The van der Waals surface area contributed by atoms with Crippen molar-refractivity contribution in [1.82, 2.24) is 9.88 Å². The number of para-hydroxylation sites is 1. The lowest BCUT2D eigenvalue weighted by Gasteiger charge is -2.04. The molecule has 1 aliphatic heterocycles. The Morgan fingerprint density at radius 1 is 1.43 bits per heavy atom. The molecule has 0 saturated carbocycles. The summed E-state index contributed by atoms with van der Waals surface area (Å²) in [5.74, 6) is -0.120. The second-order valence-electron chi connectivity index (χ2n) is 4.77. The summed E-state index contributed by atoms with van der Waals surface area (Å²) in [7, 11) is 0. The minimum Gasteiger partial charge on any atom is -0.340 e. The lowest BCUT2D eigenvalue weighted by atomic mass is 10.1. The maximum atomic E-state index is 11.9. The van der Waals surface area contributed by atoms with Gasteiger partial charge in [0, 0.05) is 28.7 Å². The summed E-state index contributed by atoms with van der Waals surface area (Å²) in [4.78, 5) is 12.5. The summed E-state index contributed by atoms with van der Waals surface area (Å²) in [6, 6.07) is 8.18. The van der Waals surface area contributed by atoms with Gasteiger partial charge in [-0.25, -0.2) is 0 Å². The van der Waals surface area contributed by atoms with Crippen LogP contribution in [0.2, 0.25) is 0 Å². The molecule has 1 N–H and O–H groups in total. The molecular weight excluding hydrogens is 300 g/mol. The quantitative estimate of drug-likeness (QED) is 0.534. The first-order valence-corrected chi connectivity index (χ1v) is 7.78. The number of benzene rings is 1. The van der Waals surface area contributed by atoms with E-state index in [2.05, 4.69) is 35.5 Å². The SMILES string of the molecule is C=CCn1c(C)c(/C=C2\SC(=S)NC2=O)c2ccccc21. The number of hydrogen-bond donors (Lipinski definition) is 1. The maximum absolute atomic E-state index is 11.9. The number of fused-ring (bicyclic) bond motifs is 1. The van der Waals surface area contributed by atoms with Crippen LogP contribution in [-0.4, -0.2) is 14.8 Å². The number of hydrogen-bond acceptors (Lipinski definition) is 3. The Kier molecular flexibility index (Phi) is 3.69. The van der Waals surface area contributed by atoms with Gasteiger partial charge in [0.25, 0.3) is 5.91 Å². The predicted octanol–water partition coefficient (Wildman–Crippen LogP) is 3.62. The van der Waals surface area contributed by atoms with E-state index in [1.807, 2.05) is 24.3 Å². The highest BCUT2D eigenvalue weighted by Gasteiger charge is 2.23. The Morgan fingerprint density at radius 2 is 2.19 bits per heavy atom. The zero-order valence-corrected chi connectivity index (χ0v) is 13.2. The third-order valence-electron chi connectivity index (χ3n) is 3.51. The van der Waals surface area contributed by atoms with Gasteiger partial charge in [-0.05, 0) is 19.1 Å². The van der Waals surface area contributed by atoms with E-state index in [9.17, 15) is 4.79 Å². The van der Waals surface area contributed by atoms with Crippen LogP contribution in [0.3, 0.4) is 0 Å². The van der Waals surface area contributed by atoms with E-state index in [0.29, 0.717) is 9.23 Å². The van der Waals surface area contributed by atoms with Crippen molar-refractivity contribution in [2.24, 2.45) is 0 Å². The third-order valence-corrected chi connectivity index (χ3v) is 4.67. The average Bonchev–Trinajstić information content (AvgIpc) is 2.91. The van der Waals surface area contributed by atoms with Crippen LogP contribution in [0.1, 0.15) is 11.3 Å². The molecule has 1 fully saturated rings. The van der Waals surface area contributed by atoms with Crippen LogP contribution in [-0.2, 0) is 11.3 Å². The minimum absolute atomic E-state index is 0.120. The van der Waals surface area contributed by atoms with Gasteiger partial charge in [-0.3, -0.25) is 4.79 Å². The first-order valence-electron chi connectivity index (χ1n) is 6.55. The molecule has 5 heteroatoms. The second-order valence-corrected chi connectivity index (χ2v) is 6.49. The van der Waals surface area contributed by atoms with Crippen LogP contribution < -0.4 is 5.32 Å². The van der Waals surface area contributed by atoms with Gasteiger partial charge in [0.1, 0.15) is 4.32 Å². The van der Waals surface area contributed by atoms with Gasteiger partial charge in [0.2, 0.25) is 0 Å². The molecule has 2 aromatic rings. The Hall–Kier alpha value is -1.85. The number of rotatable bonds is 3. The van der Waals surface area contributed by atoms with Gasteiger partial charge in [-0.1, -0.05) is 48.3 Å². The van der Waals surface area contributed by atoms with E-state index in [0.717, 1.165) is 28.7 Å². The number of thiocarbonyl (C=S) groups is 1. The Labute approximate surface area is 132 Å². The molecule has 0 unspecified atom stereocenters. The Bertz CT molecular complexity index is 802. The van der Waals surface area contributed by atoms with Crippen molar-refractivity contribution in [3.05, 3.63) is 53.1 Å². The van der Waals surface area contributed by atoms with Gasteiger partial charge in [-0.2, -0.15) is 0 Å². The number of allylic oxidation sites excluding steroid dienone is 1. The van der Waals surface area contributed by atoms with E-state index >= 15 is 0 Å². The van der Waals surface area contributed by atoms with Crippen LogP contribution in [0.4, 0.5) is 0 Å². The van der Waals surface area contributed by atoms with Gasteiger partial charge in [0.15, 0.2) is 0 Å². The molecule has 21 heavy (non-hydrogen) atoms. The standard InChI is InChI=1S/C16H14N2OS2/c1-3-8-18-10(2)12(11-6-4-5-7-13(11)18)9-14-15(19)17-16(20)21-14/h3-7,9H,1,8H2,2H3,(H,17,19,20)/b14-9-. The number of nitrogens with one attached hydrogen (secondary N) is 1. The van der Waals surface area contributed by atoms with Crippen molar-refractivity contribution in [2.45, 2.75) is 13.5 Å². The van der Waals surface area contributed by atoms with E-state index in [-0.39, 0.29) is 5.91 Å². The van der Waals surface area contributed by atoms with E-state index in [4.69, 9.17) is 12.2 Å². The molecular formula is C16H14N2OS2. The van der Waals surface area contributed by atoms with Crippen molar-refractivity contribution < 1.29 is 4.79 Å². The topological polar surface area (TPSA) is 34.0 Å². The van der Waals surface area contributed by atoms with Crippen LogP contribution in [0.5, 0.6) is 0 Å². The second kappa shape index (κ2) is 5.50. The highest BCUT2D eigenvalue weighted by molar-refractivity contribution is 8.26. The maximum Gasteiger partial charge on any atom is 0.263 e. The van der Waals surface area contributed by atoms with E-state index < -0.39 is 0 Å². The molecule has 0 aliphatic carbocycles. The third kappa shape index (κ3) is 2.43. The van der Waals surface area contributed by atoms with Crippen molar-refractivity contribution in [3.63, 3.8) is 0 Å². The Balaban J connectivity index is 2.21. The van der Waals surface area contributed by atoms with E-state index in [1.54, 1.807) is 0 Å². The molecule has 0 radical (unpaired) electrons. The van der Waals surface area contributed by atoms with E-state index in [1.165, 1.54) is 11.8 Å². The number of carbonyl (C=O) groups excluding carboxylic acids is 1. The number of amides is 1. The van der Waals surface area contributed by atoms with Crippen LogP contribution in [0, 0.1) is 6.92 Å². The summed E-state index contributed by atoms with van der Waals surface area (Å²) < 4.78 is 2.71. The van der Waals surface area contributed by atoms with Gasteiger partial charge >= 0.3 is 0 Å². The molecule has 3 rings (SSSR count). The number of thioether (sulfide) groups is 1. The fourth-order valence-electron chi connectivity index (χ4n) is 2.56. The number of nitrogens with zero attached hydrogens (tertiary/aromatic N) is 1. The summed E-state index contributed by atoms with van der Waals surface area (Å²) in [6.45, 7) is 6.62. The normalized spacial score (nSPS) is 16.7. The van der Waals surface area contributed by atoms with Crippen molar-refractivity contribution in [3.8, 4) is 0 Å². The van der Waals surface area contributed by atoms with Crippen LogP contribution >= 0.6 is 24.0 Å². The molecule has 1 saturated heterocycles. The molecule has 1 aromatic carbocycles. The van der Waals surface area contributed by atoms with Crippen molar-refractivity contribution in [2.75, 3.05) is 0 Å². The predicted molar refractivity (Wildman–Crippen MR) is 93.2 cm³/mol. The van der Waals surface area contributed by atoms with Gasteiger partial charge in [-0.15, -0.1) is 6.58 Å². The Morgan fingerprint density at radius 3 is 2.86 bits per heavy atom. The molecule has 2 heterocycles. The van der Waals surface area contributed by atoms with Crippen LogP contribution in [0.25, 0.3) is 17.0 Å². The highest BCUT2D eigenvalue weighted by atomic mass is 32.2. The lowest BCUT2D eigenvalue weighted by molar-refractivity contribution is -0.115. The van der Waals surface area contributed by atoms with Crippen molar-refractivity contribution in [1.29, 1.82) is 0 Å². The van der Waals surface area contributed by atoms with Crippen molar-refractivity contribution >= 4 is 51.2 Å². The molecule has 106 valence electrons. The summed E-state index contributed by atoms with van der Waals surface area (Å²) in [5, 5.41) is 3.79. The minimum atomic E-state index is -0.120. The summed E-state index contributed by atoms with van der Waals surface area (Å²) >= 11 is 6.35. The smallest absolute Gasteiger partial charge is 0.263 e. The molecule has 1 aliphatic rings. The zero-order valence-electron chi connectivity index (χ0n) is 11.6. The monoisotopic (exact) mass is 314 g/mol. The summed E-state index contributed by atoms with van der Waals surface area (Å²) in [6.07, 6.45) is 3.80. The molecule has 0 bridgehead atoms. The van der Waals surface area contributed by atoms with Crippen LogP contribution in [0.15, 0.2) is 41.8 Å². The largest absolute Gasteiger partial charge is 0.340 e. The average molecular weight is 314 g/mol. The number of carbonyl (C=O) groups is 1. The van der Waals surface area contributed by atoms with Gasteiger partial charge < -0.3 is 9.88 Å². The fourth-order valence-corrected chi connectivity index (χ4v) is 3.58. The molecule has 3 nitrogen and oxygen atoms in total. The summed E-state index contributed by atoms with van der Waals surface area (Å²) in [5.41, 5.74) is 3.33. The first kappa shape index (κ1) is 14.1.